The van der Waals surface area contributed by atoms with Gasteiger partial charge in [-0.15, -0.1) is 0 Å². The molecule has 3 aromatic rings. The van der Waals surface area contributed by atoms with E-state index in [1.54, 1.807) is 18.2 Å². The van der Waals surface area contributed by atoms with E-state index in [0.717, 1.165) is 0 Å². The monoisotopic (exact) mass is 403 g/mol. The van der Waals surface area contributed by atoms with Crippen LogP contribution in [0.5, 0.6) is 11.5 Å². The zero-order valence-corrected chi connectivity index (χ0v) is 15.5. The van der Waals surface area contributed by atoms with Crippen LogP contribution in [0.2, 0.25) is 0 Å². The van der Waals surface area contributed by atoms with Gasteiger partial charge in [0.05, 0.1) is 20.0 Å². The Morgan fingerprint density at radius 1 is 1.21 bits per heavy atom. The highest BCUT2D eigenvalue weighted by atomic mass is 16.6. The van der Waals surface area contributed by atoms with Crippen molar-refractivity contribution >= 4 is 17.0 Å². The van der Waals surface area contributed by atoms with Crippen molar-refractivity contribution in [2.75, 3.05) is 19.0 Å². The third-order valence-electron chi connectivity index (χ3n) is 4.90. The van der Waals surface area contributed by atoms with E-state index in [9.17, 15) is 20.4 Å². The Morgan fingerprint density at radius 2 is 2.03 bits per heavy atom. The van der Waals surface area contributed by atoms with Gasteiger partial charge >= 0.3 is 0 Å². The summed E-state index contributed by atoms with van der Waals surface area (Å²) in [6, 6.07) is 5.17. The minimum atomic E-state index is -1.25. The van der Waals surface area contributed by atoms with Crippen LogP contribution in [0.15, 0.2) is 30.9 Å². The Labute approximate surface area is 165 Å². The number of nitrogens with one attached hydrogen (secondary N) is 1. The van der Waals surface area contributed by atoms with E-state index < -0.39 is 31.1 Å². The van der Waals surface area contributed by atoms with Gasteiger partial charge in [0, 0.05) is 12.1 Å². The van der Waals surface area contributed by atoms with Crippen molar-refractivity contribution < 1.29 is 29.9 Å². The number of anilines is 1. The SMILES string of the molecule is COc1cccc(CNc2ncnc3c2ncn3[C@@H]2O[C@H](CO)[C@@H](O)[C@H]2O)c1O. The van der Waals surface area contributed by atoms with Crippen molar-refractivity contribution in [2.45, 2.75) is 31.1 Å². The van der Waals surface area contributed by atoms with Crippen LogP contribution in [0.25, 0.3) is 11.2 Å². The fraction of sp³-hybridized carbons (Fsp3) is 0.389. The molecule has 1 aromatic carbocycles. The molecular weight excluding hydrogens is 382 g/mol. The van der Waals surface area contributed by atoms with Crippen molar-refractivity contribution in [1.82, 2.24) is 19.5 Å². The van der Waals surface area contributed by atoms with E-state index in [0.29, 0.717) is 28.3 Å². The molecule has 1 aliphatic rings. The normalized spacial score (nSPS) is 24.1. The standard InChI is InChI=1S/C18H21N5O6/c1-28-10-4-2-3-9(13(10)25)5-19-16-12-17(21-7-20-16)23(8-22-12)18-15(27)14(26)11(6-24)29-18/h2-4,7-8,11,14-15,18,24-27H,5-6H2,1H3,(H,19,20,21)/t11-,14-,15-,18-/m1/s1. The fourth-order valence-electron chi connectivity index (χ4n) is 3.33. The largest absolute Gasteiger partial charge is 0.504 e. The maximum absolute atomic E-state index is 10.3. The molecule has 1 aliphatic heterocycles. The lowest BCUT2D eigenvalue weighted by Crippen LogP contribution is -2.33. The number of imidazole rings is 1. The molecule has 0 bridgehead atoms. The quantitative estimate of drug-likeness (QED) is 0.372. The van der Waals surface area contributed by atoms with E-state index in [1.165, 1.54) is 24.3 Å². The summed E-state index contributed by atoms with van der Waals surface area (Å²) in [5, 5.41) is 42.9. The average molecular weight is 403 g/mol. The molecule has 5 N–H and O–H groups in total. The van der Waals surface area contributed by atoms with Crippen LogP contribution < -0.4 is 10.1 Å². The van der Waals surface area contributed by atoms with Crippen molar-refractivity contribution in [1.29, 1.82) is 0 Å². The zero-order valence-electron chi connectivity index (χ0n) is 15.5. The number of benzene rings is 1. The van der Waals surface area contributed by atoms with Crippen molar-refractivity contribution in [3.05, 3.63) is 36.4 Å². The summed E-state index contributed by atoms with van der Waals surface area (Å²) in [6.07, 6.45) is -1.56. The average Bonchev–Trinajstić information content (AvgIpc) is 3.29. The van der Waals surface area contributed by atoms with Gasteiger partial charge in [-0.2, -0.15) is 0 Å². The summed E-state index contributed by atoms with van der Waals surface area (Å²) >= 11 is 0. The Hall–Kier alpha value is -2.99. The molecule has 11 heteroatoms. The number of ether oxygens (including phenoxy) is 2. The van der Waals surface area contributed by atoms with Crippen molar-refractivity contribution in [2.24, 2.45) is 0 Å². The first kappa shape index (κ1) is 19.3. The second-order valence-corrected chi connectivity index (χ2v) is 6.60. The van der Waals surface area contributed by atoms with Crippen LogP contribution >= 0.6 is 0 Å². The highest BCUT2D eigenvalue weighted by molar-refractivity contribution is 5.82. The van der Waals surface area contributed by atoms with E-state index in [2.05, 4.69) is 20.3 Å². The molecule has 4 rings (SSSR count). The summed E-state index contributed by atoms with van der Waals surface area (Å²) < 4.78 is 12.1. The Bertz CT molecular complexity index is 1010. The second-order valence-electron chi connectivity index (χ2n) is 6.60. The molecule has 4 atom stereocenters. The number of aromatic nitrogens is 4. The van der Waals surface area contributed by atoms with Gasteiger partial charge in [-0.05, 0) is 6.07 Å². The number of fused-ring (bicyclic) bond motifs is 1. The van der Waals surface area contributed by atoms with Gasteiger partial charge in [0.2, 0.25) is 0 Å². The molecule has 0 aliphatic carbocycles. The van der Waals surface area contributed by atoms with Crippen molar-refractivity contribution in [3.63, 3.8) is 0 Å². The van der Waals surface area contributed by atoms with E-state index >= 15 is 0 Å². The summed E-state index contributed by atoms with van der Waals surface area (Å²) in [6.45, 7) is -0.164. The Balaban J connectivity index is 1.60. The topological polar surface area (TPSA) is 155 Å². The van der Waals surface area contributed by atoms with Gasteiger partial charge in [-0.3, -0.25) is 4.57 Å². The highest BCUT2D eigenvalue weighted by Crippen LogP contribution is 2.33. The van der Waals surface area contributed by atoms with Crippen LogP contribution in [0.4, 0.5) is 5.82 Å². The molecular formula is C18H21N5O6. The highest BCUT2D eigenvalue weighted by Gasteiger charge is 2.44. The lowest BCUT2D eigenvalue weighted by atomic mass is 10.1. The molecule has 0 unspecified atom stereocenters. The Kier molecular flexibility index (Phi) is 5.20. The maximum Gasteiger partial charge on any atom is 0.167 e. The van der Waals surface area contributed by atoms with Crippen LogP contribution in [-0.4, -0.2) is 72.0 Å². The molecule has 1 fully saturated rings. The number of hydrogen-bond donors (Lipinski definition) is 5. The number of nitrogens with zero attached hydrogens (tertiary/aromatic N) is 4. The fourth-order valence-corrected chi connectivity index (χ4v) is 3.33. The minimum absolute atomic E-state index is 0.0323. The zero-order chi connectivity index (χ0) is 20.5. The smallest absolute Gasteiger partial charge is 0.167 e. The van der Waals surface area contributed by atoms with E-state index in [4.69, 9.17) is 9.47 Å². The van der Waals surface area contributed by atoms with Gasteiger partial charge in [0.25, 0.3) is 0 Å². The number of phenolic OH excluding ortho intramolecular Hbond substituents is 1. The second kappa shape index (κ2) is 7.79. The van der Waals surface area contributed by atoms with Crippen molar-refractivity contribution in [3.8, 4) is 11.5 Å². The van der Waals surface area contributed by atoms with Crippen LogP contribution in [0, 0.1) is 0 Å². The number of rotatable bonds is 6. The molecule has 11 nitrogen and oxygen atoms in total. The number of aliphatic hydroxyl groups is 3. The van der Waals surface area contributed by atoms with Gasteiger partial charge in [-0.25, -0.2) is 15.0 Å². The van der Waals surface area contributed by atoms with E-state index in [1.807, 2.05) is 0 Å². The number of para-hydroxylation sites is 1. The predicted molar refractivity (Wildman–Crippen MR) is 100 cm³/mol. The molecule has 2 aromatic heterocycles. The third kappa shape index (κ3) is 3.34. The third-order valence-corrected chi connectivity index (χ3v) is 4.90. The first-order valence-corrected chi connectivity index (χ1v) is 8.93. The summed E-state index contributed by atoms with van der Waals surface area (Å²) in [5.74, 6) is 0.818. The minimum Gasteiger partial charge on any atom is -0.504 e. The number of aromatic hydroxyl groups is 1. The molecule has 1 saturated heterocycles. The Morgan fingerprint density at radius 3 is 2.76 bits per heavy atom. The maximum atomic E-state index is 10.3. The molecule has 0 radical (unpaired) electrons. The predicted octanol–water partition coefficient (Wildman–Crippen LogP) is -0.236. The van der Waals surface area contributed by atoms with Gasteiger partial charge < -0.3 is 35.2 Å². The molecule has 0 spiro atoms. The lowest BCUT2D eigenvalue weighted by molar-refractivity contribution is -0.0511. The van der Waals surface area contributed by atoms with Crippen LogP contribution in [-0.2, 0) is 11.3 Å². The number of hydrogen-bond acceptors (Lipinski definition) is 10. The summed E-state index contributed by atoms with van der Waals surface area (Å²) in [5.41, 5.74) is 1.42. The van der Waals surface area contributed by atoms with E-state index in [-0.39, 0.29) is 12.3 Å². The van der Waals surface area contributed by atoms with Gasteiger partial charge in [0.1, 0.15) is 24.6 Å². The number of aliphatic hydroxyl groups excluding tert-OH is 3. The van der Waals surface area contributed by atoms with Crippen LogP contribution in [0.3, 0.4) is 0 Å². The van der Waals surface area contributed by atoms with Crippen LogP contribution in [0.1, 0.15) is 11.8 Å². The first-order valence-electron chi connectivity index (χ1n) is 8.93. The number of methoxy groups -OCH3 is 1. The molecule has 29 heavy (non-hydrogen) atoms. The molecule has 154 valence electrons. The molecule has 0 saturated carbocycles. The lowest BCUT2D eigenvalue weighted by Gasteiger charge is -2.16. The van der Waals surface area contributed by atoms with Gasteiger partial charge in [0.15, 0.2) is 34.7 Å². The molecule has 3 heterocycles. The number of phenols is 1. The van der Waals surface area contributed by atoms with Gasteiger partial charge in [-0.1, -0.05) is 12.1 Å². The summed E-state index contributed by atoms with van der Waals surface area (Å²) in [7, 11) is 1.48. The first-order chi connectivity index (χ1) is 14.0. The summed E-state index contributed by atoms with van der Waals surface area (Å²) in [4.78, 5) is 12.7. The molecule has 0 amide bonds.